The van der Waals surface area contributed by atoms with Crippen molar-refractivity contribution in [2.45, 2.75) is 46.6 Å². The molecule has 0 aliphatic rings. The molecule has 0 aromatic heterocycles. The van der Waals surface area contributed by atoms with Gasteiger partial charge < -0.3 is 5.73 Å². The molecule has 1 unspecified atom stereocenters. The van der Waals surface area contributed by atoms with Crippen LogP contribution in [-0.2, 0) is 0 Å². The van der Waals surface area contributed by atoms with E-state index >= 15 is 0 Å². The van der Waals surface area contributed by atoms with Gasteiger partial charge in [0.1, 0.15) is 0 Å². The van der Waals surface area contributed by atoms with E-state index in [-0.39, 0.29) is 5.54 Å². The highest BCUT2D eigenvalue weighted by Gasteiger charge is 2.26. The molecule has 2 nitrogen and oxygen atoms in total. The molecule has 2 heteroatoms. The van der Waals surface area contributed by atoms with Gasteiger partial charge in [0.05, 0.1) is 0 Å². The van der Waals surface area contributed by atoms with Crippen molar-refractivity contribution in [3.63, 3.8) is 0 Å². The predicted molar refractivity (Wildman–Crippen MR) is 103 cm³/mol. The summed E-state index contributed by atoms with van der Waals surface area (Å²) in [5, 5.41) is 0. The number of nitrogens with two attached hydrogens (primary N) is 1. The van der Waals surface area contributed by atoms with Gasteiger partial charge in [0, 0.05) is 12.1 Å². The van der Waals surface area contributed by atoms with E-state index in [9.17, 15) is 0 Å². The second-order valence-electron chi connectivity index (χ2n) is 6.32. The Labute approximate surface area is 142 Å². The van der Waals surface area contributed by atoms with Crippen molar-refractivity contribution in [3.05, 3.63) is 65.9 Å². The average molecular weight is 313 g/mol. The van der Waals surface area contributed by atoms with Crippen molar-refractivity contribution in [2.75, 3.05) is 13.1 Å². The Balaban J connectivity index is 3.43. The second-order valence-corrected chi connectivity index (χ2v) is 6.32. The number of aryl methyl sites for hydroxylation is 2. The minimum Gasteiger partial charge on any atom is -0.405 e. The molecule has 0 radical (unpaired) electrons. The van der Waals surface area contributed by atoms with E-state index in [0.29, 0.717) is 0 Å². The zero-order valence-corrected chi connectivity index (χ0v) is 15.4. The molecule has 23 heavy (non-hydrogen) atoms. The van der Waals surface area contributed by atoms with Gasteiger partial charge in [-0.2, -0.15) is 0 Å². The maximum absolute atomic E-state index is 5.73. The van der Waals surface area contributed by atoms with Gasteiger partial charge in [-0.1, -0.05) is 49.8 Å². The van der Waals surface area contributed by atoms with Crippen LogP contribution in [0.3, 0.4) is 0 Å². The average Bonchev–Trinajstić information content (AvgIpc) is 2.54. The Bertz CT molecular complexity index is 584. The monoisotopic (exact) mass is 312 g/mol. The summed E-state index contributed by atoms with van der Waals surface area (Å²) in [4.78, 5) is 2.44. The Morgan fingerprint density at radius 3 is 2.52 bits per heavy atom. The fraction of sp³-hybridized carbons (Fsp3) is 0.429. The number of nitrogens with zero attached hydrogens (tertiary/aromatic N) is 1. The number of allylic oxidation sites excluding steroid dienone is 2. The quantitative estimate of drug-likeness (QED) is 0.550. The van der Waals surface area contributed by atoms with Crippen LogP contribution in [0.4, 0.5) is 0 Å². The first kappa shape index (κ1) is 19.2. The van der Waals surface area contributed by atoms with Crippen LogP contribution in [0.25, 0.3) is 5.57 Å². The minimum absolute atomic E-state index is 0.0338. The van der Waals surface area contributed by atoms with E-state index in [4.69, 9.17) is 5.73 Å². The number of hydrogen-bond donors (Lipinski definition) is 1. The normalized spacial score (nSPS) is 15.1. The van der Waals surface area contributed by atoms with Gasteiger partial charge in [-0.25, -0.2) is 0 Å². The molecule has 126 valence electrons. The van der Waals surface area contributed by atoms with E-state index in [2.05, 4.69) is 70.4 Å². The second kappa shape index (κ2) is 8.73. The van der Waals surface area contributed by atoms with Crippen LogP contribution in [0.1, 0.15) is 43.9 Å². The first-order valence-corrected chi connectivity index (χ1v) is 8.46. The summed E-state index contributed by atoms with van der Waals surface area (Å²) in [6.45, 7) is 16.8. The zero-order valence-electron chi connectivity index (χ0n) is 15.4. The van der Waals surface area contributed by atoms with Crippen LogP contribution in [-0.4, -0.2) is 23.5 Å². The summed E-state index contributed by atoms with van der Waals surface area (Å²) in [6, 6.07) is 6.56. The summed E-state index contributed by atoms with van der Waals surface area (Å²) in [5.74, 6) is 0. The highest BCUT2D eigenvalue weighted by Crippen LogP contribution is 2.29. The molecule has 1 aromatic rings. The molecule has 0 saturated heterocycles. The molecule has 1 rings (SSSR count). The highest BCUT2D eigenvalue weighted by molar-refractivity contribution is 5.77. The van der Waals surface area contributed by atoms with Gasteiger partial charge in [0.2, 0.25) is 0 Å². The first-order valence-electron chi connectivity index (χ1n) is 8.46. The maximum atomic E-state index is 5.73. The van der Waals surface area contributed by atoms with Crippen molar-refractivity contribution in [1.82, 2.24) is 4.90 Å². The number of rotatable bonds is 8. The minimum atomic E-state index is -0.0338. The van der Waals surface area contributed by atoms with E-state index in [0.717, 1.165) is 19.5 Å². The van der Waals surface area contributed by atoms with E-state index in [1.54, 1.807) is 6.20 Å². The summed E-state index contributed by atoms with van der Waals surface area (Å²) in [5.41, 5.74) is 10.7. The predicted octanol–water partition coefficient (Wildman–Crippen LogP) is 4.84. The van der Waals surface area contributed by atoms with Crippen LogP contribution in [0.2, 0.25) is 0 Å². The van der Waals surface area contributed by atoms with Gasteiger partial charge in [0.25, 0.3) is 0 Å². The van der Waals surface area contributed by atoms with Gasteiger partial charge in [-0.05, 0) is 62.7 Å². The Morgan fingerprint density at radius 2 is 2.00 bits per heavy atom. The third-order valence-electron chi connectivity index (χ3n) is 4.62. The van der Waals surface area contributed by atoms with Gasteiger partial charge in [-0.15, -0.1) is 6.58 Å². The molecule has 0 bridgehead atoms. The number of hydrogen-bond acceptors (Lipinski definition) is 2. The summed E-state index contributed by atoms with van der Waals surface area (Å²) in [7, 11) is 0. The first-order chi connectivity index (χ1) is 10.9. The smallest absolute Gasteiger partial charge is 0.0372 e. The molecule has 2 N–H and O–H groups in total. The fourth-order valence-electron chi connectivity index (χ4n) is 2.97. The lowest BCUT2D eigenvalue weighted by Gasteiger charge is -2.38. The van der Waals surface area contributed by atoms with E-state index in [1.807, 2.05) is 12.2 Å². The molecule has 0 heterocycles. The molecule has 0 amide bonds. The van der Waals surface area contributed by atoms with Crippen LogP contribution >= 0.6 is 0 Å². The van der Waals surface area contributed by atoms with Gasteiger partial charge in [-0.3, -0.25) is 4.90 Å². The lowest BCUT2D eigenvalue weighted by Crippen LogP contribution is -2.44. The van der Waals surface area contributed by atoms with E-state index in [1.165, 1.54) is 22.3 Å². The molecule has 0 saturated carbocycles. The molecule has 0 aliphatic heterocycles. The molecule has 0 spiro atoms. The lowest BCUT2D eigenvalue weighted by atomic mass is 9.89. The van der Waals surface area contributed by atoms with Crippen molar-refractivity contribution in [1.29, 1.82) is 0 Å². The van der Waals surface area contributed by atoms with Crippen molar-refractivity contribution in [2.24, 2.45) is 5.73 Å². The Hall–Kier alpha value is -1.80. The molecule has 0 aliphatic carbocycles. The zero-order chi connectivity index (χ0) is 17.5. The molecule has 1 aromatic carbocycles. The molecular formula is C21H32N2. The Morgan fingerprint density at radius 1 is 1.30 bits per heavy atom. The van der Waals surface area contributed by atoms with Crippen LogP contribution in [0.15, 0.2) is 49.2 Å². The van der Waals surface area contributed by atoms with E-state index < -0.39 is 0 Å². The van der Waals surface area contributed by atoms with Crippen molar-refractivity contribution >= 4 is 5.57 Å². The van der Waals surface area contributed by atoms with Crippen LogP contribution in [0, 0.1) is 13.8 Å². The Kier molecular flexibility index (Phi) is 7.31. The summed E-state index contributed by atoms with van der Waals surface area (Å²) >= 11 is 0. The standard InChI is InChI=1S/C21H32N2/c1-7-14-23(9-3)21(6,8-2)16-19(12-13-22)20-15-17(4)10-11-18(20)5/h7,10-13,15-16H,1,8-9,14,22H2,2-6H3/b13-12-,19-16+. The van der Waals surface area contributed by atoms with Gasteiger partial charge in [0.15, 0.2) is 0 Å². The molecule has 1 atom stereocenters. The summed E-state index contributed by atoms with van der Waals surface area (Å²) in [6.07, 6.45) is 9.00. The highest BCUT2D eigenvalue weighted by atomic mass is 15.2. The summed E-state index contributed by atoms with van der Waals surface area (Å²) < 4.78 is 0. The third kappa shape index (κ3) is 4.84. The van der Waals surface area contributed by atoms with Crippen LogP contribution in [0.5, 0.6) is 0 Å². The fourth-order valence-corrected chi connectivity index (χ4v) is 2.97. The number of likely N-dealkylation sites (N-methyl/N-ethyl adjacent to an activating group) is 1. The van der Waals surface area contributed by atoms with Gasteiger partial charge >= 0.3 is 0 Å². The van der Waals surface area contributed by atoms with Crippen molar-refractivity contribution < 1.29 is 0 Å². The topological polar surface area (TPSA) is 29.3 Å². The van der Waals surface area contributed by atoms with Crippen molar-refractivity contribution in [3.8, 4) is 0 Å². The largest absolute Gasteiger partial charge is 0.405 e. The molecular weight excluding hydrogens is 280 g/mol. The van der Waals surface area contributed by atoms with Crippen LogP contribution < -0.4 is 5.73 Å². The maximum Gasteiger partial charge on any atom is 0.0372 e. The third-order valence-corrected chi connectivity index (χ3v) is 4.62. The lowest BCUT2D eigenvalue weighted by molar-refractivity contribution is 0.168. The molecule has 0 fully saturated rings. The SMILES string of the molecule is C=CCN(CC)C(C)(/C=C(\C=C/N)c1cc(C)ccc1C)CC. The number of benzene rings is 1.